The maximum absolute atomic E-state index is 14.7. The molecule has 2 aliphatic heterocycles. The predicted octanol–water partition coefficient (Wildman–Crippen LogP) is 0.433. The molecule has 1 fully saturated rings. The van der Waals surface area contributed by atoms with Gasteiger partial charge in [0.2, 0.25) is 0 Å². The van der Waals surface area contributed by atoms with Gasteiger partial charge in [0.15, 0.2) is 24.6 Å². The molecule has 42 heavy (non-hydrogen) atoms. The van der Waals surface area contributed by atoms with E-state index >= 15 is 0 Å². The van der Waals surface area contributed by atoms with Crippen LogP contribution in [0.5, 0.6) is 11.6 Å². The van der Waals surface area contributed by atoms with E-state index in [1.165, 1.54) is 28.3 Å². The molecular formula is C25H28FN9O7. The van der Waals surface area contributed by atoms with Gasteiger partial charge < -0.3 is 30.0 Å². The van der Waals surface area contributed by atoms with E-state index in [-0.39, 0.29) is 54.3 Å². The summed E-state index contributed by atoms with van der Waals surface area (Å²) < 4.78 is 31.1. The highest BCUT2D eigenvalue weighted by Gasteiger charge is 2.34. The quantitative estimate of drug-likeness (QED) is 0.219. The summed E-state index contributed by atoms with van der Waals surface area (Å²) in [6.45, 7) is 2.02. The standard InChI is InChI=1S/C24H26FN9O5.CH2O2/c25-19-8-17(37-4-3-34-29-13-28-32-34)7-15-5-14(6-18(15)19)9-26-2-1-16-11-33(24(36)39-16)20-10-27-23-22(30-20)31-21(35)12-38-23;2-1-3/h7-8,10,13-14,16,26H,1-6,9,11-12H2,(H,30,31,35);1H,(H,2,3). The van der Waals surface area contributed by atoms with Crippen LogP contribution in [-0.2, 0) is 33.7 Å². The van der Waals surface area contributed by atoms with Gasteiger partial charge in [0, 0.05) is 6.07 Å². The molecule has 0 spiro atoms. The number of tetrazole rings is 1. The van der Waals surface area contributed by atoms with Crippen LogP contribution in [0, 0.1) is 11.7 Å². The Balaban J connectivity index is 0.00000113. The van der Waals surface area contributed by atoms with Gasteiger partial charge in [-0.15, -0.1) is 10.2 Å². The normalized spacial score (nSPS) is 18.6. The molecule has 3 N–H and O–H groups in total. The van der Waals surface area contributed by atoms with E-state index in [9.17, 15) is 14.0 Å². The van der Waals surface area contributed by atoms with Crippen LogP contribution in [0.25, 0.3) is 0 Å². The monoisotopic (exact) mass is 585 g/mol. The van der Waals surface area contributed by atoms with Crippen molar-refractivity contribution in [2.75, 3.05) is 43.1 Å². The van der Waals surface area contributed by atoms with Gasteiger partial charge in [-0.2, -0.15) is 4.80 Å². The van der Waals surface area contributed by atoms with Crippen LogP contribution in [0.3, 0.4) is 0 Å². The second kappa shape index (κ2) is 13.2. The molecule has 17 heteroatoms. The molecule has 2 atom stereocenters. The Labute approximate surface area is 238 Å². The Morgan fingerprint density at radius 1 is 1.29 bits per heavy atom. The number of anilines is 2. The summed E-state index contributed by atoms with van der Waals surface area (Å²) in [5.74, 6) is 0.841. The third kappa shape index (κ3) is 6.85. The maximum atomic E-state index is 14.7. The molecule has 1 aliphatic carbocycles. The number of fused-ring (bicyclic) bond motifs is 2. The molecule has 3 aromatic rings. The number of carbonyl (C=O) groups excluding carboxylic acids is 2. The molecule has 222 valence electrons. The number of amides is 2. The molecule has 2 aromatic heterocycles. The Kier molecular flexibility index (Phi) is 8.96. The second-order valence-electron chi connectivity index (χ2n) is 9.63. The number of cyclic esters (lactones) is 1. The van der Waals surface area contributed by atoms with Crippen molar-refractivity contribution in [1.82, 2.24) is 35.5 Å². The number of aromatic nitrogens is 6. The van der Waals surface area contributed by atoms with Crippen molar-refractivity contribution in [2.45, 2.75) is 31.9 Å². The smallest absolute Gasteiger partial charge is 0.415 e. The zero-order chi connectivity index (χ0) is 29.5. The highest BCUT2D eigenvalue weighted by Crippen LogP contribution is 2.32. The number of hydrogen-bond acceptors (Lipinski definition) is 12. The summed E-state index contributed by atoms with van der Waals surface area (Å²) in [5.41, 5.74) is 1.70. The van der Waals surface area contributed by atoms with E-state index < -0.39 is 6.09 Å². The minimum absolute atomic E-state index is 0.122. The highest BCUT2D eigenvalue weighted by atomic mass is 19.1. The van der Waals surface area contributed by atoms with Crippen LogP contribution < -0.4 is 25.0 Å². The first-order valence-electron chi connectivity index (χ1n) is 13.1. The fraction of sp³-hybridized carbons (Fsp3) is 0.440. The lowest BCUT2D eigenvalue weighted by molar-refractivity contribution is -0.123. The lowest BCUT2D eigenvalue weighted by Gasteiger charge is -2.18. The minimum atomic E-state index is -0.519. The van der Waals surface area contributed by atoms with Crippen molar-refractivity contribution < 1.29 is 38.1 Å². The molecule has 4 heterocycles. The zero-order valence-electron chi connectivity index (χ0n) is 22.3. The van der Waals surface area contributed by atoms with Crippen molar-refractivity contribution in [3.05, 3.63) is 41.6 Å². The fourth-order valence-electron chi connectivity index (χ4n) is 4.93. The largest absolute Gasteiger partial charge is 0.491 e. The Hall–Kier alpha value is -4.93. The Morgan fingerprint density at radius 3 is 2.95 bits per heavy atom. The van der Waals surface area contributed by atoms with Crippen molar-refractivity contribution in [3.8, 4) is 11.6 Å². The number of hydrogen-bond donors (Lipinski definition) is 3. The first-order valence-corrected chi connectivity index (χ1v) is 13.1. The molecule has 0 radical (unpaired) electrons. The number of carbonyl (C=O) groups is 3. The summed E-state index contributed by atoms with van der Waals surface area (Å²) in [6, 6.07) is 3.33. The summed E-state index contributed by atoms with van der Waals surface area (Å²) in [5, 5.41) is 24.2. The van der Waals surface area contributed by atoms with Gasteiger partial charge in [0.05, 0.1) is 19.3 Å². The Bertz CT molecular complexity index is 1430. The van der Waals surface area contributed by atoms with Crippen molar-refractivity contribution in [1.29, 1.82) is 0 Å². The van der Waals surface area contributed by atoms with E-state index in [2.05, 4.69) is 36.0 Å². The lowest BCUT2D eigenvalue weighted by atomic mass is 10.1. The summed E-state index contributed by atoms with van der Waals surface area (Å²) in [6.07, 6.45) is 3.94. The number of benzene rings is 1. The SMILES string of the molecule is O=C1COc2ncc(N3CC(CCNCC4Cc5cc(OCCn6ncnn6)cc(F)c5C4)OC3=O)nc2N1.O=CO. The van der Waals surface area contributed by atoms with E-state index in [1.807, 2.05) is 6.07 Å². The number of nitrogens with zero attached hydrogens (tertiary/aromatic N) is 7. The van der Waals surface area contributed by atoms with E-state index in [0.717, 1.165) is 17.5 Å². The van der Waals surface area contributed by atoms with Gasteiger partial charge in [-0.1, -0.05) is 0 Å². The number of halogens is 1. The van der Waals surface area contributed by atoms with Crippen molar-refractivity contribution in [3.63, 3.8) is 0 Å². The van der Waals surface area contributed by atoms with E-state index in [0.29, 0.717) is 51.4 Å². The predicted molar refractivity (Wildman–Crippen MR) is 141 cm³/mol. The Morgan fingerprint density at radius 2 is 2.14 bits per heavy atom. The van der Waals surface area contributed by atoms with Crippen LogP contribution in [0.4, 0.5) is 20.8 Å². The maximum Gasteiger partial charge on any atom is 0.415 e. The summed E-state index contributed by atoms with van der Waals surface area (Å²) in [7, 11) is 0. The molecule has 2 amide bonds. The van der Waals surface area contributed by atoms with Crippen LogP contribution >= 0.6 is 0 Å². The molecule has 6 rings (SSSR count). The van der Waals surface area contributed by atoms with E-state index in [1.54, 1.807) is 0 Å². The minimum Gasteiger partial charge on any atom is -0.491 e. The third-order valence-corrected chi connectivity index (χ3v) is 6.76. The van der Waals surface area contributed by atoms with Crippen molar-refractivity contribution in [2.24, 2.45) is 5.92 Å². The van der Waals surface area contributed by atoms with Crippen LogP contribution in [0.2, 0.25) is 0 Å². The van der Waals surface area contributed by atoms with Gasteiger partial charge >= 0.3 is 6.09 Å². The van der Waals surface area contributed by atoms with Gasteiger partial charge in [0.1, 0.15) is 24.3 Å². The molecule has 1 aromatic carbocycles. The first-order chi connectivity index (χ1) is 20.4. The first kappa shape index (κ1) is 28.6. The summed E-state index contributed by atoms with van der Waals surface area (Å²) in [4.78, 5) is 43.5. The summed E-state index contributed by atoms with van der Waals surface area (Å²) >= 11 is 0. The zero-order valence-corrected chi connectivity index (χ0v) is 22.3. The molecule has 2 unspecified atom stereocenters. The van der Waals surface area contributed by atoms with Gasteiger partial charge in [0.25, 0.3) is 18.3 Å². The van der Waals surface area contributed by atoms with E-state index in [4.69, 9.17) is 24.1 Å². The number of rotatable bonds is 10. The molecule has 0 bridgehead atoms. The third-order valence-electron chi connectivity index (χ3n) is 6.76. The second-order valence-corrected chi connectivity index (χ2v) is 9.63. The number of ether oxygens (including phenoxy) is 3. The highest BCUT2D eigenvalue weighted by molar-refractivity contribution is 5.94. The molecular weight excluding hydrogens is 557 g/mol. The topological polar surface area (TPSA) is 196 Å². The fourth-order valence-corrected chi connectivity index (χ4v) is 4.93. The van der Waals surface area contributed by atoms with Gasteiger partial charge in [-0.05, 0) is 60.7 Å². The lowest BCUT2D eigenvalue weighted by Crippen LogP contribution is -2.30. The molecule has 0 saturated carbocycles. The van der Waals surface area contributed by atoms with Crippen LogP contribution in [0.15, 0.2) is 24.7 Å². The average Bonchev–Trinajstić information content (AvgIpc) is 3.72. The van der Waals surface area contributed by atoms with Gasteiger partial charge in [-0.3, -0.25) is 14.5 Å². The number of carboxylic acid groups (broad SMARTS) is 1. The molecule has 1 saturated heterocycles. The molecule has 3 aliphatic rings. The molecule has 16 nitrogen and oxygen atoms in total. The van der Waals surface area contributed by atoms with Crippen molar-refractivity contribution >= 4 is 30.1 Å². The van der Waals surface area contributed by atoms with Crippen LogP contribution in [0.1, 0.15) is 17.5 Å². The number of nitrogens with one attached hydrogen (secondary N) is 2. The van der Waals surface area contributed by atoms with Gasteiger partial charge in [-0.25, -0.2) is 19.2 Å². The average molecular weight is 586 g/mol. The van der Waals surface area contributed by atoms with Crippen LogP contribution in [-0.4, -0.2) is 92.7 Å².